The van der Waals surface area contributed by atoms with Gasteiger partial charge in [0, 0.05) is 48.5 Å². The van der Waals surface area contributed by atoms with Crippen LogP contribution in [0.15, 0.2) is 0 Å². The first kappa shape index (κ1) is 16.3. The molecule has 0 aliphatic carbocycles. The number of hydrogen-bond acceptors (Lipinski definition) is 3. The van der Waals surface area contributed by atoms with Gasteiger partial charge in [-0.05, 0) is 32.6 Å². The van der Waals surface area contributed by atoms with Gasteiger partial charge in [-0.3, -0.25) is 9.00 Å². The normalized spacial score (nSPS) is 25.0. The van der Waals surface area contributed by atoms with Crippen molar-refractivity contribution < 1.29 is 18.9 Å². The van der Waals surface area contributed by atoms with Gasteiger partial charge in [0.25, 0.3) is 0 Å². The summed E-state index contributed by atoms with van der Waals surface area (Å²) in [5.41, 5.74) is -0.817. The van der Waals surface area contributed by atoms with Crippen molar-refractivity contribution in [2.24, 2.45) is 11.3 Å². The van der Waals surface area contributed by atoms with E-state index in [1.165, 1.54) is 0 Å². The molecule has 1 atom stereocenters. The van der Waals surface area contributed by atoms with Crippen LogP contribution in [-0.2, 0) is 15.6 Å². The minimum absolute atomic E-state index is 0.0216. The van der Waals surface area contributed by atoms with Gasteiger partial charge < -0.3 is 14.9 Å². The molecule has 0 radical (unpaired) electrons. The number of carboxylic acid groups (broad SMARTS) is 1. The molecule has 1 N–H and O–H groups in total. The van der Waals surface area contributed by atoms with Crippen molar-refractivity contribution in [3.05, 3.63) is 0 Å². The summed E-state index contributed by atoms with van der Waals surface area (Å²) < 4.78 is 11.4. The van der Waals surface area contributed by atoms with Crippen LogP contribution in [0.5, 0.6) is 0 Å². The van der Waals surface area contributed by atoms with E-state index in [4.69, 9.17) is 0 Å². The fraction of sp³-hybridized carbons (Fsp3) is 0.857. The van der Waals surface area contributed by atoms with Crippen LogP contribution in [0, 0.1) is 11.3 Å². The van der Waals surface area contributed by atoms with Crippen molar-refractivity contribution in [3.8, 4) is 0 Å². The first-order chi connectivity index (χ1) is 9.82. The van der Waals surface area contributed by atoms with Crippen LogP contribution in [-0.4, -0.2) is 68.8 Å². The number of likely N-dealkylation sites (tertiary alicyclic amines) is 1. The Balaban J connectivity index is 1.99. The number of amides is 2. The van der Waals surface area contributed by atoms with Crippen molar-refractivity contribution in [1.29, 1.82) is 0 Å². The minimum atomic E-state index is -0.817. The first-order valence-electron chi connectivity index (χ1n) is 7.44. The molecule has 2 fully saturated rings. The predicted molar refractivity (Wildman–Crippen MR) is 80.6 cm³/mol. The molecule has 0 saturated carbocycles. The lowest BCUT2D eigenvalue weighted by Crippen LogP contribution is -2.53. The van der Waals surface area contributed by atoms with Crippen molar-refractivity contribution in [2.45, 2.75) is 26.7 Å². The molecule has 2 saturated heterocycles. The van der Waals surface area contributed by atoms with E-state index in [1.807, 2.05) is 0 Å². The van der Waals surface area contributed by atoms with Crippen molar-refractivity contribution in [1.82, 2.24) is 9.80 Å². The van der Waals surface area contributed by atoms with Crippen LogP contribution in [0.25, 0.3) is 0 Å². The number of rotatable bonds is 2. The van der Waals surface area contributed by atoms with Gasteiger partial charge in [0.05, 0.1) is 5.41 Å². The van der Waals surface area contributed by atoms with Crippen LogP contribution in [0.2, 0.25) is 0 Å². The lowest BCUT2D eigenvalue weighted by molar-refractivity contribution is -0.151. The van der Waals surface area contributed by atoms with Crippen molar-refractivity contribution >= 4 is 22.8 Å². The van der Waals surface area contributed by atoms with E-state index in [-0.39, 0.29) is 11.9 Å². The second-order valence-electron chi connectivity index (χ2n) is 6.43. The van der Waals surface area contributed by atoms with Crippen LogP contribution in [0.1, 0.15) is 26.7 Å². The second-order valence-corrected chi connectivity index (χ2v) is 8.13. The quantitative estimate of drug-likeness (QED) is 0.824. The number of carbonyl (C=O) groups excluding carboxylic acids is 1. The summed E-state index contributed by atoms with van der Waals surface area (Å²) in [7, 11) is -0.800. The highest BCUT2D eigenvalue weighted by Gasteiger charge is 2.40. The maximum absolute atomic E-state index is 12.5. The van der Waals surface area contributed by atoms with Gasteiger partial charge in [0.2, 0.25) is 0 Å². The molecule has 2 rings (SSSR count). The van der Waals surface area contributed by atoms with Crippen LogP contribution >= 0.6 is 0 Å². The molecule has 0 aromatic rings. The van der Waals surface area contributed by atoms with Crippen molar-refractivity contribution in [3.63, 3.8) is 0 Å². The van der Waals surface area contributed by atoms with Crippen LogP contribution in [0.3, 0.4) is 0 Å². The van der Waals surface area contributed by atoms with Gasteiger partial charge >= 0.3 is 12.0 Å². The second kappa shape index (κ2) is 6.34. The third-order valence-corrected chi connectivity index (χ3v) is 5.99. The number of urea groups is 1. The molecule has 0 aromatic heterocycles. The van der Waals surface area contributed by atoms with E-state index < -0.39 is 22.2 Å². The number of nitrogens with zero attached hydrogens (tertiary/aromatic N) is 2. The van der Waals surface area contributed by atoms with E-state index in [1.54, 1.807) is 23.6 Å². The third kappa shape index (κ3) is 3.56. The summed E-state index contributed by atoms with van der Waals surface area (Å²) in [6, 6.07) is -0.0300. The highest BCUT2D eigenvalue weighted by atomic mass is 32.2. The zero-order valence-corrected chi connectivity index (χ0v) is 13.5. The molecule has 2 aliphatic rings. The molecule has 0 aromatic carbocycles. The first-order valence-corrected chi connectivity index (χ1v) is 8.93. The lowest BCUT2D eigenvalue weighted by Gasteiger charge is -2.41. The molecule has 6 nitrogen and oxygen atoms in total. The van der Waals surface area contributed by atoms with E-state index in [0.717, 1.165) is 12.8 Å². The summed E-state index contributed by atoms with van der Waals surface area (Å²) in [5, 5.41) is 9.35. The van der Waals surface area contributed by atoms with E-state index in [2.05, 4.69) is 0 Å². The molecule has 2 heterocycles. The van der Waals surface area contributed by atoms with Gasteiger partial charge in [0.15, 0.2) is 0 Å². The number of hydrogen-bond donors (Lipinski definition) is 1. The molecule has 1 unspecified atom stereocenters. The zero-order valence-electron chi connectivity index (χ0n) is 12.7. The van der Waals surface area contributed by atoms with Gasteiger partial charge in [0.1, 0.15) is 0 Å². The SMILES string of the molecule is CC(C)(C(=O)O)C1CCCN(C(=O)N2CCS(=O)CC2)C1. The molecule has 2 amide bonds. The predicted octanol–water partition coefficient (Wildman–Crippen LogP) is 0.994. The van der Waals surface area contributed by atoms with E-state index in [0.29, 0.717) is 37.7 Å². The molecule has 21 heavy (non-hydrogen) atoms. The number of piperidine rings is 1. The fourth-order valence-electron chi connectivity index (χ4n) is 2.94. The Morgan fingerprint density at radius 2 is 1.76 bits per heavy atom. The Labute approximate surface area is 127 Å². The molecular formula is C14H24N2O4S. The summed E-state index contributed by atoms with van der Waals surface area (Å²) in [4.78, 5) is 27.4. The Bertz CT molecular complexity index is 442. The van der Waals surface area contributed by atoms with E-state index >= 15 is 0 Å². The Morgan fingerprint density at radius 3 is 2.33 bits per heavy atom. The Morgan fingerprint density at radius 1 is 1.14 bits per heavy atom. The molecule has 0 bridgehead atoms. The van der Waals surface area contributed by atoms with E-state index in [9.17, 15) is 18.9 Å². The highest BCUT2D eigenvalue weighted by Crippen LogP contribution is 2.34. The van der Waals surface area contributed by atoms with Gasteiger partial charge in [-0.25, -0.2) is 4.79 Å². The van der Waals surface area contributed by atoms with Crippen LogP contribution in [0.4, 0.5) is 4.79 Å². The molecule has 0 spiro atoms. The maximum atomic E-state index is 12.5. The number of carboxylic acids is 1. The average Bonchev–Trinajstić information content (AvgIpc) is 2.47. The summed E-state index contributed by atoms with van der Waals surface area (Å²) in [6.45, 7) is 5.72. The topological polar surface area (TPSA) is 77.9 Å². The number of aliphatic carboxylic acids is 1. The van der Waals surface area contributed by atoms with Crippen LogP contribution < -0.4 is 0 Å². The largest absolute Gasteiger partial charge is 0.481 e. The number of carbonyl (C=O) groups is 2. The Hall–Kier alpha value is -1.11. The highest BCUT2D eigenvalue weighted by molar-refractivity contribution is 7.85. The van der Waals surface area contributed by atoms with Crippen molar-refractivity contribution in [2.75, 3.05) is 37.7 Å². The monoisotopic (exact) mass is 316 g/mol. The zero-order chi connectivity index (χ0) is 15.6. The standard InChI is InChI=1S/C14H24N2O4S/c1-14(2,12(17)18)11-4-3-5-16(10-11)13(19)15-6-8-21(20)9-7-15/h11H,3-10H2,1-2H3,(H,17,18). The molecule has 2 aliphatic heterocycles. The van der Waals surface area contributed by atoms with Gasteiger partial charge in [-0.1, -0.05) is 0 Å². The summed E-state index contributed by atoms with van der Waals surface area (Å²) in [6.07, 6.45) is 1.68. The summed E-state index contributed by atoms with van der Waals surface area (Å²) in [5.74, 6) is 0.259. The fourth-order valence-corrected chi connectivity index (χ4v) is 4.00. The summed E-state index contributed by atoms with van der Waals surface area (Å²) >= 11 is 0. The third-order valence-electron chi connectivity index (χ3n) is 4.71. The Kier molecular flexibility index (Phi) is 4.91. The molecular weight excluding hydrogens is 292 g/mol. The smallest absolute Gasteiger partial charge is 0.320 e. The molecule has 7 heteroatoms. The van der Waals surface area contributed by atoms with Gasteiger partial charge in [-0.2, -0.15) is 0 Å². The average molecular weight is 316 g/mol. The molecule has 120 valence electrons. The minimum Gasteiger partial charge on any atom is -0.481 e. The lowest BCUT2D eigenvalue weighted by atomic mass is 9.74. The van der Waals surface area contributed by atoms with Gasteiger partial charge in [-0.15, -0.1) is 0 Å². The maximum Gasteiger partial charge on any atom is 0.320 e.